The molecule has 0 rings (SSSR count). The van der Waals surface area contributed by atoms with Gasteiger partial charge in [0.1, 0.15) is 0 Å². The third-order valence-electron chi connectivity index (χ3n) is 2.28. The van der Waals surface area contributed by atoms with Gasteiger partial charge in [0.2, 0.25) is 0 Å². The molecule has 0 saturated carbocycles. The molecule has 0 aliphatic heterocycles. The Balaban J connectivity index is -0.0000000660. The second-order valence-electron chi connectivity index (χ2n) is 10.7. The second kappa shape index (κ2) is 19.1. The van der Waals surface area contributed by atoms with Crippen molar-refractivity contribution in [1.82, 2.24) is 0 Å². The Labute approximate surface area is 202 Å². The van der Waals surface area contributed by atoms with Crippen LogP contribution >= 0.6 is 7.05 Å². The first-order chi connectivity index (χ1) is 11.4. The molecule has 0 aliphatic carbocycles. The summed E-state index contributed by atoms with van der Waals surface area (Å²) in [5, 5.41) is 0. The van der Waals surface area contributed by atoms with E-state index in [1.54, 1.807) is 58.9 Å². The molecule has 11 heteroatoms. The predicted octanol–water partition coefficient (Wildman–Crippen LogP) is 4.51. The van der Waals surface area contributed by atoms with E-state index in [9.17, 15) is 14.4 Å². The molecule has 0 fully saturated rings. The molecule has 0 heterocycles. The summed E-state index contributed by atoms with van der Waals surface area (Å²) in [6.07, 6.45) is 3.93. The van der Waals surface area contributed by atoms with Gasteiger partial charge in [0.15, 0.2) is 8.24 Å². The minimum Gasteiger partial charge on any atom is -2.00 e. The average Bonchev–Trinajstić information content (AvgIpc) is 2.28. The van der Waals surface area contributed by atoms with Crippen LogP contribution in [0.1, 0.15) is 20.8 Å². The molecule has 5 nitrogen and oxygen atoms in total. The average molecular weight is 675 g/mol. The van der Waals surface area contributed by atoms with Crippen LogP contribution in [-0.4, -0.2) is 51.7 Å². The van der Waals surface area contributed by atoms with E-state index in [4.69, 9.17) is 4.41 Å². The molecule has 0 atom stereocenters. The van der Waals surface area contributed by atoms with Crippen molar-refractivity contribution in [3.05, 3.63) is 0 Å². The number of hydrogen-bond acceptors (Lipinski definition) is 4. The van der Waals surface area contributed by atoms with Crippen LogP contribution in [0.25, 0.3) is 0 Å². The van der Waals surface area contributed by atoms with Crippen LogP contribution < -0.4 is 14.4 Å². The molecule has 0 aromatic heterocycles. The van der Waals surface area contributed by atoms with Crippen LogP contribution in [0.2, 0.25) is 78.6 Å². The summed E-state index contributed by atoms with van der Waals surface area (Å²) >= 11 is 0. The van der Waals surface area contributed by atoms with Gasteiger partial charge in [0.05, 0.1) is 0 Å². The Hall–Kier alpha value is 1.60. The Morgan fingerprint density at radius 3 is 0.724 bits per heavy atom. The fraction of sp³-hybridized carbons (Fsp3) is 1.00. The van der Waals surface area contributed by atoms with Gasteiger partial charge in [-0.2, -0.15) is 0 Å². The summed E-state index contributed by atoms with van der Waals surface area (Å²) in [6, 6.07) is 0. The topological polar surface area (TPSA) is 110 Å². The first kappa shape index (κ1) is 44.3. The molecule has 0 N–H and O–H groups in total. The van der Waals surface area contributed by atoms with Crippen LogP contribution in [0.3, 0.4) is 0 Å². The first-order valence-corrected chi connectivity index (χ1v) is 26.1. The van der Waals surface area contributed by atoms with Crippen LogP contribution in [0.15, 0.2) is 4.41 Å². The quantitative estimate of drug-likeness (QED) is 0.324. The molecule has 0 aromatic carbocycles. The maximum absolute atomic E-state index is 10.2. The summed E-state index contributed by atoms with van der Waals surface area (Å²) in [5.74, 6) is 0. The van der Waals surface area contributed by atoms with Gasteiger partial charge in [-0.1, -0.05) is 124 Å². The zero-order valence-electron chi connectivity index (χ0n) is 22.0. The van der Waals surface area contributed by atoms with E-state index in [1.807, 2.05) is 0 Å². The molecule has 0 amide bonds. The maximum Gasteiger partial charge on any atom is 0.170 e. The molecule has 0 spiro atoms. The molecule has 0 aliphatic rings. The predicted molar refractivity (Wildman–Crippen MR) is 135 cm³/mol. The smallest absolute Gasteiger partial charge is 0.170 e. The van der Waals surface area contributed by atoms with Crippen LogP contribution in [0.4, 0.5) is 0 Å². The van der Waals surface area contributed by atoms with E-state index >= 15 is 0 Å². The van der Waals surface area contributed by atoms with E-state index in [0.717, 1.165) is 0 Å². The van der Waals surface area contributed by atoms with E-state index in [0.29, 0.717) is 0 Å². The van der Waals surface area contributed by atoms with Gasteiger partial charge in [0.25, 0.3) is 0 Å². The zero-order valence-corrected chi connectivity index (χ0v) is 29.6. The van der Waals surface area contributed by atoms with Crippen LogP contribution in [0, 0.1) is 0 Å². The fourth-order valence-electron chi connectivity index (χ4n) is 1.52. The Morgan fingerprint density at radius 1 is 0.552 bits per heavy atom. The molecule has 185 valence electrons. The van der Waals surface area contributed by atoms with Gasteiger partial charge in [-0.3, -0.25) is 0 Å². The summed E-state index contributed by atoms with van der Waals surface area (Å²) in [5.41, 5.74) is 0. The second-order valence-corrected chi connectivity index (χ2v) is 32.6. The SMILES string of the molecule is CCP(CC)(CC)=N[Si](C)(C)C.C[Si](C)(C)[O-].C[Si](C)(C)[O-].C[Si](C)(C)[O-].[O-2].[Re]. The number of rotatable bonds is 4. The van der Waals surface area contributed by atoms with Gasteiger partial charge >= 0.3 is 0 Å². The van der Waals surface area contributed by atoms with Crippen LogP contribution in [-0.2, 0) is 25.9 Å². The van der Waals surface area contributed by atoms with Crippen LogP contribution in [0.5, 0.6) is 0 Å². The largest absolute Gasteiger partial charge is 2.00 e. The summed E-state index contributed by atoms with van der Waals surface area (Å²) in [7, 11) is -7.64. The molecular formula is C18H51NO4PReSi4-5. The molecule has 0 bridgehead atoms. The monoisotopic (exact) mass is 675 g/mol. The standard InChI is InChI=1S/C9H24NPSi.3C3H9OSi.O.Re/c1-7-11(8-2,9-3)10-12(4,5)6;3*1-5(2,3)4;;/h7-9H2,1-6H3;3*1-3H3;;/q;3*-1;-2;. The molecule has 0 saturated heterocycles. The van der Waals surface area contributed by atoms with E-state index < -0.39 is 40.2 Å². The fourth-order valence-corrected chi connectivity index (χ4v) is 9.65. The van der Waals surface area contributed by atoms with E-state index in [-0.39, 0.29) is 25.9 Å². The van der Waals surface area contributed by atoms with Gasteiger partial charge in [-0.05, 0) is 25.5 Å². The third kappa shape index (κ3) is 81.8. The van der Waals surface area contributed by atoms with Crippen molar-refractivity contribution in [1.29, 1.82) is 0 Å². The van der Waals surface area contributed by atoms with Gasteiger partial charge in [0, 0.05) is 20.4 Å². The number of nitrogens with zero attached hydrogens (tertiary/aromatic N) is 1. The van der Waals surface area contributed by atoms with Crippen molar-refractivity contribution in [2.45, 2.75) is 99.3 Å². The third-order valence-corrected chi connectivity index (χ3v) is 9.91. The first-order valence-electron chi connectivity index (χ1n) is 10.1. The molecule has 29 heavy (non-hydrogen) atoms. The van der Waals surface area contributed by atoms with E-state index in [1.165, 1.54) is 18.5 Å². The summed E-state index contributed by atoms with van der Waals surface area (Å²) in [4.78, 5) is 30.7. The summed E-state index contributed by atoms with van der Waals surface area (Å²) < 4.78 is 5.15. The van der Waals surface area contributed by atoms with Crippen molar-refractivity contribution in [2.75, 3.05) is 18.5 Å². The van der Waals surface area contributed by atoms with Crippen molar-refractivity contribution < 1.29 is 40.3 Å². The minimum absolute atomic E-state index is 0. The number of hydrogen-bond donors (Lipinski definition) is 0. The molecular weight excluding hydrogens is 624 g/mol. The maximum atomic E-state index is 10.2. The molecule has 0 aromatic rings. The van der Waals surface area contributed by atoms with Crippen molar-refractivity contribution in [3.63, 3.8) is 0 Å². The van der Waals surface area contributed by atoms with E-state index in [2.05, 4.69) is 40.4 Å². The normalized spacial score (nSPS) is 11.7. The molecule has 0 unspecified atom stereocenters. The van der Waals surface area contributed by atoms with Gasteiger partial charge in [-0.15, -0.1) is 0 Å². The van der Waals surface area contributed by atoms with Crippen molar-refractivity contribution in [3.8, 4) is 0 Å². The zero-order chi connectivity index (χ0) is 23.3. The Kier molecular flexibility index (Phi) is 29.2. The van der Waals surface area contributed by atoms with Gasteiger partial charge in [-0.25, -0.2) is 0 Å². The van der Waals surface area contributed by atoms with Crippen molar-refractivity contribution >= 4 is 40.2 Å². The van der Waals surface area contributed by atoms with Gasteiger partial charge < -0.3 is 24.3 Å². The summed E-state index contributed by atoms with van der Waals surface area (Å²) in [6.45, 7) is 29.9. The Bertz CT molecular complexity index is 350. The molecule has 1 radical (unpaired) electrons. The van der Waals surface area contributed by atoms with Crippen molar-refractivity contribution in [2.24, 2.45) is 4.41 Å². The minimum atomic E-state index is -1.86. The Morgan fingerprint density at radius 2 is 0.690 bits per heavy atom.